The van der Waals surface area contributed by atoms with Crippen molar-refractivity contribution in [3.05, 3.63) is 11.6 Å². The first-order chi connectivity index (χ1) is 9.29. The maximum atomic E-state index is 6.11. The molecule has 1 aromatic heterocycles. The summed E-state index contributed by atoms with van der Waals surface area (Å²) in [6, 6.07) is 0.730. The fraction of sp³-hybridized carbons (Fsp3) is 0.857. The van der Waals surface area contributed by atoms with Crippen LogP contribution in [0.25, 0.3) is 0 Å². The van der Waals surface area contributed by atoms with Crippen LogP contribution in [0.15, 0.2) is 0 Å². The number of hydrogen-bond acceptors (Lipinski definition) is 4. The Morgan fingerprint density at radius 1 is 1.16 bits per heavy atom. The second-order valence-corrected chi connectivity index (χ2v) is 5.86. The van der Waals surface area contributed by atoms with Crippen LogP contribution in [0.1, 0.15) is 56.7 Å². The van der Waals surface area contributed by atoms with Crippen molar-refractivity contribution in [3.8, 4) is 0 Å². The van der Waals surface area contributed by atoms with Gasteiger partial charge in [-0.1, -0.05) is 13.3 Å². The molecule has 5 heteroatoms. The zero-order valence-corrected chi connectivity index (χ0v) is 11.9. The van der Waals surface area contributed by atoms with Gasteiger partial charge in [0.1, 0.15) is 11.6 Å². The number of aromatic nitrogens is 3. The van der Waals surface area contributed by atoms with Gasteiger partial charge in [-0.15, -0.1) is 10.2 Å². The molecule has 3 heterocycles. The van der Waals surface area contributed by atoms with Crippen molar-refractivity contribution in [2.24, 2.45) is 5.73 Å². The van der Waals surface area contributed by atoms with E-state index in [-0.39, 0.29) is 6.04 Å². The molecule has 2 atom stereocenters. The van der Waals surface area contributed by atoms with Crippen molar-refractivity contribution in [3.63, 3.8) is 0 Å². The lowest BCUT2D eigenvalue weighted by Gasteiger charge is -2.34. The zero-order chi connectivity index (χ0) is 13.2. The third kappa shape index (κ3) is 2.54. The standard InChI is InChI=1S/C14H25N5/c1-2-18-8-4-3-6-11(18)10-13-16-17-14-12(15)7-5-9-19(13)14/h11-12H,2-10,15H2,1H3. The summed E-state index contributed by atoms with van der Waals surface area (Å²) in [6.07, 6.45) is 7.22. The van der Waals surface area contributed by atoms with E-state index in [0.717, 1.165) is 44.0 Å². The maximum Gasteiger partial charge on any atom is 0.149 e. The molecule has 2 aliphatic rings. The third-order valence-electron chi connectivity index (χ3n) is 4.66. The van der Waals surface area contributed by atoms with Crippen molar-refractivity contribution in [1.82, 2.24) is 19.7 Å². The molecule has 2 unspecified atom stereocenters. The van der Waals surface area contributed by atoms with Gasteiger partial charge in [-0.2, -0.15) is 0 Å². The number of likely N-dealkylation sites (tertiary alicyclic amines) is 1. The lowest BCUT2D eigenvalue weighted by Crippen LogP contribution is -2.41. The minimum absolute atomic E-state index is 0.0867. The lowest BCUT2D eigenvalue weighted by molar-refractivity contribution is 0.152. The van der Waals surface area contributed by atoms with Crippen molar-refractivity contribution in [2.45, 2.75) is 64.1 Å². The number of nitrogens with zero attached hydrogens (tertiary/aromatic N) is 4. The van der Waals surface area contributed by atoms with Crippen LogP contribution in [-0.2, 0) is 13.0 Å². The van der Waals surface area contributed by atoms with Crippen molar-refractivity contribution < 1.29 is 0 Å². The Hall–Kier alpha value is -0.940. The minimum Gasteiger partial charge on any atom is -0.321 e. The molecule has 19 heavy (non-hydrogen) atoms. The largest absolute Gasteiger partial charge is 0.321 e. The second-order valence-electron chi connectivity index (χ2n) is 5.86. The van der Waals surface area contributed by atoms with Crippen molar-refractivity contribution in [1.29, 1.82) is 0 Å². The van der Waals surface area contributed by atoms with E-state index in [1.165, 1.54) is 25.8 Å². The number of nitrogens with two attached hydrogens (primary N) is 1. The first kappa shape index (κ1) is 13.1. The van der Waals surface area contributed by atoms with E-state index in [2.05, 4.69) is 26.6 Å². The molecule has 1 saturated heterocycles. The van der Waals surface area contributed by atoms with Crippen LogP contribution in [0.3, 0.4) is 0 Å². The number of hydrogen-bond donors (Lipinski definition) is 1. The predicted octanol–water partition coefficient (Wildman–Crippen LogP) is 1.49. The fourth-order valence-electron chi connectivity index (χ4n) is 3.53. The molecular weight excluding hydrogens is 238 g/mol. The molecule has 0 aliphatic carbocycles. The van der Waals surface area contributed by atoms with E-state index in [1.54, 1.807) is 0 Å². The fourth-order valence-corrected chi connectivity index (χ4v) is 3.53. The van der Waals surface area contributed by atoms with Crippen LogP contribution < -0.4 is 5.73 Å². The highest BCUT2D eigenvalue weighted by atomic mass is 15.3. The average molecular weight is 263 g/mol. The van der Waals surface area contributed by atoms with Crippen molar-refractivity contribution >= 4 is 0 Å². The van der Waals surface area contributed by atoms with E-state index in [9.17, 15) is 0 Å². The summed E-state index contributed by atoms with van der Waals surface area (Å²) in [4.78, 5) is 2.59. The highest BCUT2D eigenvalue weighted by Gasteiger charge is 2.26. The number of fused-ring (bicyclic) bond motifs is 1. The summed E-state index contributed by atoms with van der Waals surface area (Å²) in [7, 11) is 0. The molecule has 0 amide bonds. The van der Waals surface area contributed by atoms with Crippen LogP contribution in [0, 0.1) is 0 Å². The number of likely N-dealkylation sites (N-methyl/N-ethyl adjacent to an activating group) is 1. The van der Waals surface area contributed by atoms with Gasteiger partial charge in [0, 0.05) is 19.0 Å². The van der Waals surface area contributed by atoms with Gasteiger partial charge in [-0.25, -0.2) is 0 Å². The smallest absolute Gasteiger partial charge is 0.149 e. The third-order valence-corrected chi connectivity index (χ3v) is 4.66. The van der Waals surface area contributed by atoms with Crippen LogP contribution in [0.5, 0.6) is 0 Å². The Balaban J connectivity index is 1.76. The Kier molecular flexibility index (Phi) is 3.84. The van der Waals surface area contributed by atoms with Crippen LogP contribution in [0.2, 0.25) is 0 Å². The second kappa shape index (κ2) is 5.59. The van der Waals surface area contributed by atoms with Gasteiger partial charge in [-0.05, 0) is 38.8 Å². The van der Waals surface area contributed by atoms with Gasteiger partial charge >= 0.3 is 0 Å². The Labute approximate surface area is 115 Å². The zero-order valence-electron chi connectivity index (χ0n) is 11.9. The van der Waals surface area contributed by atoms with E-state index in [0.29, 0.717) is 6.04 Å². The summed E-state index contributed by atoms with van der Waals surface area (Å²) < 4.78 is 2.27. The minimum atomic E-state index is 0.0867. The molecule has 0 radical (unpaired) electrons. The normalized spacial score (nSPS) is 28.3. The summed E-state index contributed by atoms with van der Waals surface area (Å²) in [5.74, 6) is 2.15. The molecule has 1 aromatic rings. The molecule has 0 saturated carbocycles. The monoisotopic (exact) mass is 263 g/mol. The van der Waals surface area contributed by atoms with Gasteiger partial charge in [-0.3, -0.25) is 0 Å². The van der Waals surface area contributed by atoms with Crippen molar-refractivity contribution in [2.75, 3.05) is 13.1 Å². The van der Waals surface area contributed by atoms with Gasteiger partial charge in [0.15, 0.2) is 0 Å². The molecule has 5 nitrogen and oxygen atoms in total. The average Bonchev–Trinajstić information content (AvgIpc) is 2.84. The topological polar surface area (TPSA) is 60.0 Å². The highest BCUT2D eigenvalue weighted by Crippen LogP contribution is 2.25. The Morgan fingerprint density at radius 2 is 2.05 bits per heavy atom. The van der Waals surface area contributed by atoms with E-state index >= 15 is 0 Å². The maximum absolute atomic E-state index is 6.11. The molecule has 0 aromatic carbocycles. The summed E-state index contributed by atoms with van der Waals surface area (Å²) in [5.41, 5.74) is 6.11. The quantitative estimate of drug-likeness (QED) is 0.897. The SMILES string of the molecule is CCN1CCCCC1Cc1nnc2n1CCCC2N. The Morgan fingerprint density at radius 3 is 2.89 bits per heavy atom. The van der Waals surface area contributed by atoms with E-state index < -0.39 is 0 Å². The van der Waals surface area contributed by atoms with Gasteiger partial charge in [0.2, 0.25) is 0 Å². The lowest BCUT2D eigenvalue weighted by atomic mass is 9.99. The van der Waals surface area contributed by atoms with Gasteiger partial charge in [0.25, 0.3) is 0 Å². The molecular formula is C14H25N5. The molecule has 106 valence electrons. The number of piperidine rings is 1. The first-order valence-electron chi connectivity index (χ1n) is 7.71. The van der Waals surface area contributed by atoms with Crippen LogP contribution in [-0.4, -0.2) is 38.8 Å². The van der Waals surface area contributed by atoms with Crippen LogP contribution in [0.4, 0.5) is 0 Å². The van der Waals surface area contributed by atoms with Gasteiger partial charge < -0.3 is 15.2 Å². The summed E-state index contributed by atoms with van der Waals surface area (Å²) >= 11 is 0. The molecule has 2 N–H and O–H groups in total. The van der Waals surface area contributed by atoms with E-state index in [1.807, 2.05) is 0 Å². The molecule has 2 aliphatic heterocycles. The predicted molar refractivity (Wildman–Crippen MR) is 74.8 cm³/mol. The molecule has 3 rings (SSSR count). The summed E-state index contributed by atoms with van der Waals surface area (Å²) in [5, 5.41) is 8.74. The molecule has 0 spiro atoms. The van der Waals surface area contributed by atoms with E-state index in [4.69, 9.17) is 5.73 Å². The molecule has 0 bridgehead atoms. The van der Waals surface area contributed by atoms with Crippen LogP contribution >= 0.6 is 0 Å². The van der Waals surface area contributed by atoms with Gasteiger partial charge in [0.05, 0.1) is 6.04 Å². The number of rotatable bonds is 3. The summed E-state index contributed by atoms with van der Waals surface area (Å²) in [6.45, 7) is 5.69. The molecule has 1 fully saturated rings. The Bertz CT molecular complexity index is 427. The first-order valence-corrected chi connectivity index (χ1v) is 7.71. The highest BCUT2D eigenvalue weighted by molar-refractivity contribution is 5.05.